The van der Waals surface area contributed by atoms with Gasteiger partial charge in [0, 0.05) is 18.4 Å². The average Bonchev–Trinajstić information content (AvgIpc) is 2.79. The number of fused-ring (bicyclic) bond motifs is 1. The normalized spacial score (nSPS) is 19.3. The van der Waals surface area contributed by atoms with E-state index in [4.69, 9.17) is 5.84 Å². The van der Waals surface area contributed by atoms with Crippen molar-refractivity contribution >= 4 is 0 Å². The van der Waals surface area contributed by atoms with Crippen molar-refractivity contribution in [2.24, 2.45) is 5.84 Å². The van der Waals surface area contributed by atoms with Gasteiger partial charge < -0.3 is 0 Å². The maximum Gasteiger partial charge on any atom is 0.0288 e. The van der Waals surface area contributed by atoms with Crippen LogP contribution >= 0.6 is 0 Å². The van der Waals surface area contributed by atoms with Crippen LogP contribution in [0, 0.1) is 11.8 Å². The smallest absolute Gasteiger partial charge is 0.0288 e. The highest BCUT2D eigenvalue weighted by molar-refractivity contribution is 5.36. The van der Waals surface area contributed by atoms with Crippen molar-refractivity contribution in [3.63, 3.8) is 0 Å². The predicted molar refractivity (Wildman–Crippen MR) is 71.3 cm³/mol. The molecule has 0 amide bonds. The van der Waals surface area contributed by atoms with Crippen molar-refractivity contribution in [3.8, 4) is 11.8 Å². The number of hydrogen-bond acceptors (Lipinski definition) is 2. The van der Waals surface area contributed by atoms with E-state index in [9.17, 15) is 0 Å². The number of benzene rings is 1. The zero-order valence-electron chi connectivity index (χ0n) is 10.4. The first kappa shape index (κ1) is 12.2. The van der Waals surface area contributed by atoms with Crippen LogP contribution in [0.15, 0.2) is 24.3 Å². The van der Waals surface area contributed by atoms with Gasteiger partial charge in [-0.1, -0.05) is 24.3 Å². The molecule has 0 saturated carbocycles. The lowest BCUT2D eigenvalue weighted by Gasteiger charge is -2.23. The van der Waals surface area contributed by atoms with Crippen LogP contribution in [-0.2, 0) is 6.42 Å². The maximum atomic E-state index is 5.69. The van der Waals surface area contributed by atoms with Crippen LogP contribution in [-0.4, -0.2) is 6.04 Å². The fraction of sp³-hybridized carbons (Fsp3) is 0.467. The van der Waals surface area contributed by atoms with Crippen molar-refractivity contribution < 1.29 is 0 Å². The van der Waals surface area contributed by atoms with Gasteiger partial charge in [-0.2, -0.15) is 0 Å². The molecule has 2 unspecified atom stereocenters. The third-order valence-corrected chi connectivity index (χ3v) is 3.64. The third kappa shape index (κ3) is 2.69. The summed E-state index contributed by atoms with van der Waals surface area (Å²) in [6.45, 7) is 1.88. The van der Waals surface area contributed by atoms with E-state index in [-0.39, 0.29) is 0 Å². The summed E-state index contributed by atoms with van der Waals surface area (Å²) in [5.74, 6) is 12.3. The largest absolute Gasteiger partial charge is 0.271 e. The standard InChI is InChI=1S/C15H20N2/c1-2-3-4-9-15(17-16)14-11-10-12-7-5-6-8-13(12)14/h5-8,14-15,17H,4,9-11,16H2,1H3. The van der Waals surface area contributed by atoms with Gasteiger partial charge >= 0.3 is 0 Å². The number of hydrazine groups is 1. The van der Waals surface area contributed by atoms with Crippen LogP contribution < -0.4 is 11.3 Å². The predicted octanol–water partition coefficient (Wildman–Crippen LogP) is 2.35. The molecule has 1 aromatic carbocycles. The van der Waals surface area contributed by atoms with Gasteiger partial charge in [-0.3, -0.25) is 11.3 Å². The molecule has 90 valence electrons. The van der Waals surface area contributed by atoms with Gasteiger partial charge in [0.1, 0.15) is 0 Å². The third-order valence-electron chi connectivity index (χ3n) is 3.64. The molecular weight excluding hydrogens is 208 g/mol. The van der Waals surface area contributed by atoms with E-state index >= 15 is 0 Å². The molecule has 0 saturated heterocycles. The van der Waals surface area contributed by atoms with Crippen molar-refractivity contribution in [1.82, 2.24) is 5.43 Å². The molecule has 0 aliphatic heterocycles. The SMILES string of the molecule is CC#CCCC(NN)C1CCc2ccccc21. The van der Waals surface area contributed by atoms with Crippen LogP contribution in [0.2, 0.25) is 0 Å². The molecule has 1 aliphatic carbocycles. The second-order valence-corrected chi connectivity index (χ2v) is 4.58. The number of aryl methyl sites for hydroxylation is 1. The Kier molecular flexibility index (Phi) is 4.19. The lowest BCUT2D eigenvalue weighted by molar-refractivity contribution is 0.417. The first-order valence-electron chi connectivity index (χ1n) is 6.30. The minimum atomic E-state index is 0.347. The molecule has 1 aromatic rings. The molecule has 0 radical (unpaired) electrons. The van der Waals surface area contributed by atoms with Gasteiger partial charge in [0.2, 0.25) is 0 Å². The van der Waals surface area contributed by atoms with Gasteiger partial charge in [0.15, 0.2) is 0 Å². The molecule has 0 aromatic heterocycles. The first-order chi connectivity index (χ1) is 8.36. The summed E-state index contributed by atoms with van der Waals surface area (Å²) in [7, 11) is 0. The lowest BCUT2D eigenvalue weighted by Crippen LogP contribution is -2.39. The van der Waals surface area contributed by atoms with E-state index in [1.165, 1.54) is 24.0 Å². The molecule has 0 bridgehead atoms. The van der Waals surface area contributed by atoms with Crippen LogP contribution in [0.1, 0.15) is 43.2 Å². The number of hydrogen-bond donors (Lipinski definition) is 2. The topological polar surface area (TPSA) is 38.0 Å². The Morgan fingerprint density at radius 3 is 3.06 bits per heavy atom. The van der Waals surface area contributed by atoms with Gasteiger partial charge in [0.25, 0.3) is 0 Å². The summed E-state index contributed by atoms with van der Waals surface area (Å²) in [6.07, 6.45) is 4.33. The Balaban J connectivity index is 2.08. The maximum absolute atomic E-state index is 5.69. The molecule has 1 aliphatic rings. The Morgan fingerprint density at radius 1 is 1.47 bits per heavy atom. The minimum Gasteiger partial charge on any atom is -0.271 e. The molecule has 0 spiro atoms. The van der Waals surface area contributed by atoms with Crippen molar-refractivity contribution in [3.05, 3.63) is 35.4 Å². The number of nitrogens with two attached hydrogens (primary N) is 1. The number of rotatable bonds is 4. The molecule has 0 fully saturated rings. The molecule has 2 heteroatoms. The molecule has 2 nitrogen and oxygen atoms in total. The highest BCUT2D eigenvalue weighted by atomic mass is 15.2. The summed E-state index contributed by atoms with van der Waals surface area (Å²) in [5.41, 5.74) is 5.93. The van der Waals surface area contributed by atoms with Crippen LogP contribution in [0.25, 0.3) is 0 Å². The molecule has 2 atom stereocenters. The van der Waals surface area contributed by atoms with Gasteiger partial charge in [-0.05, 0) is 37.3 Å². The number of nitrogens with one attached hydrogen (secondary N) is 1. The molecular formula is C15H20N2. The molecule has 0 heterocycles. The zero-order chi connectivity index (χ0) is 12.1. The Labute approximate surface area is 104 Å². The van der Waals surface area contributed by atoms with E-state index in [2.05, 4.69) is 41.5 Å². The summed E-state index contributed by atoms with van der Waals surface area (Å²) < 4.78 is 0. The van der Waals surface area contributed by atoms with Gasteiger partial charge in [-0.15, -0.1) is 11.8 Å². The molecule has 3 N–H and O–H groups in total. The second-order valence-electron chi connectivity index (χ2n) is 4.58. The zero-order valence-corrected chi connectivity index (χ0v) is 10.4. The molecule has 2 rings (SSSR count). The van der Waals surface area contributed by atoms with Crippen LogP contribution in [0.4, 0.5) is 0 Å². The Morgan fingerprint density at radius 2 is 2.29 bits per heavy atom. The van der Waals surface area contributed by atoms with E-state index in [1.54, 1.807) is 0 Å². The van der Waals surface area contributed by atoms with Crippen molar-refractivity contribution in [2.45, 2.75) is 44.6 Å². The Bertz CT molecular complexity index is 428. The van der Waals surface area contributed by atoms with E-state index in [1.807, 2.05) is 6.92 Å². The monoisotopic (exact) mass is 228 g/mol. The van der Waals surface area contributed by atoms with Crippen LogP contribution in [0.5, 0.6) is 0 Å². The van der Waals surface area contributed by atoms with E-state index in [0.717, 1.165) is 12.8 Å². The summed E-state index contributed by atoms with van der Waals surface area (Å²) in [6, 6.07) is 9.06. The van der Waals surface area contributed by atoms with Crippen molar-refractivity contribution in [2.75, 3.05) is 0 Å². The highest BCUT2D eigenvalue weighted by Gasteiger charge is 2.28. The lowest BCUT2D eigenvalue weighted by atomic mass is 9.90. The van der Waals surface area contributed by atoms with Crippen molar-refractivity contribution in [1.29, 1.82) is 0 Å². The first-order valence-corrected chi connectivity index (χ1v) is 6.30. The Hall–Kier alpha value is -1.30. The van der Waals surface area contributed by atoms with Gasteiger partial charge in [-0.25, -0.2) is 0 Å². The molecule has 17 heavy (non-hydrogen) atoms. The van der Waals surface area contributed by atoms with E-state index in [0.29, 0.717) is 12.0 Å². The minimum absolute atomic E-state index is 0.347. The van der Waals surface area contributed by atoms with E-state index < -0.39 is 0 Å². The summed E-state index contributed by atoms with van der Waals surface area (Å²) in [5, 5.41) is 0. The highest BCUT2D eigenvalue weighted by Crippen LogP contribution is 2.36. The second kappa shape index (κ2) is 5.86. The summed E-state index contributed by atoms with van der Waals surface area (Å²) in [4.78, 5) is 0. The fourth-order valence-electron chi connectivity index (χ4n) is 2.76. The van der Waals surface area contributed by atoms with Crippen LogP contribution in [0.3, 0.4) is 0 Å². The fourth-order valence-corrected chi connectivity index (χ4v) is 2.76. The summed E-state index contributed by atoms with van der Waals surface area (Å²) >= 11 is 0. The average molecular weight is 228 g/mol. The quantitative estimate of drug-likeness (QED) is 0.471. The van der Waals surface area contributed by atoms with Gasteiger partial charge in [0.05, 0.1) is 0 Å².